The average molecular weight is 1240 g/mol. The SMILES string of the molecule is CCC(C)(C)c1cc2c3c(c1)c1cc(C(C)(C)CC)cc4c1n3-c1c(ccc3c1B2c1c2ccccc2cc2c(-c5cc6c(cc5-c5ccccc5)C(C)(C)CCC6(C)C)c(-c5cc6c(cc5-c5ccccc5)C(C)(C)CCC6(C)C)n-3c12)C41c2ccccc2-c2ccccc21. The third-order valence-electron chi connectivity index (χ3n) is 26.3. The molecule has 0 radical (unpaired) electrons. The largest absolute Gasteiger partial charge is 0.310 e. The second kappa shape index (κ2) is 19.2. The van der Waals surface area contributed by atoms with Gasteiger partial charge in [-0.25, -0.2) is 0 Å². The molecule has 3 heteroatoms. The molecule has 0 N–H and O–H groups in total. The molecule has 1 spiro atoms. The highest BCUT2D eigenvalue weighted by molar-refractivity contribution is 7.01. The highest BCUT2D eigenvalue weighted by atomic mass is 15.1. The first kappa shape index (κ1) is 58.4. The first-order valence-corrected chi connectivity index (χ1v) is 36.2. The Morgan fingerprint density at radius 1 is 0.365 bits per heavy atom. The molecule has 2 aromatic heterocycles. The van der Waals surface area contributed by atoms with E-state index in [2.05, 4.69) is 306 Å². The maximum atomic E-state index is 2.89. The van der Waals surface area contributed by atoms with Gasteiger partial charge in [0.1, 0.15) is 0 Å². The number of nitrogens with zero attached hydrogens (tertiary/aromatic N) is 2. The second-order valence-corrected chi connectivity index (χ2v) is 34.0. The Hall–Kier alpha value is -8.92. The summed E-state index contributed by atoms with van der Waals surface area (Å²) in [5.74, 6) is 0. The minimum atomic E-state index is -0.627. The maximum Gasteiger partial charge on any atom is 0.253 e. The number of aromatic nitrogens is 2. The van der Waals surface area contributed by atoms with E-state index in [4.69, 9.17) is 0 Å². The first-order chi connectivity index (χ1) is 46.0. The van der Waals surface area contributed by atoms with Gasteiger partial charge < -0.3 is 9.13 Å². The molecule has 13 aromatic rings. The van der Waals surface area contributed by atoms with Crippen LogP contribution in [0.15, 0.2) is 200 Å². The van der Waals surface area contributed by atoms with Gasteiger partial charge in [0, 0.05) is 44.2 Å². The summed E-state index contributed by atoms with van der Waals surface area (Å²) in [6, 6.07) is 81.0. The third kappa shape index (κ3) is 7.40. The Labute approximate surface area is 568 Å². The monoisotopic (exact) mass is 1240 g/mol. The van der Waals surface area contributed by atoms with Crippen LogP contribution in [0.4, 0.5) is 0 Å². The molecule has 3 aliphatic heterocycles. The zero-order valence-corrected chi connectivity index (χ0v) is 58.8. The molecule has 2 nitrogen and oxygen atoms in total. The molecule has 5 heterocycles. The van der Waals surface area contributed by atoms with Crippen molar-refractivity contribution >= 4 is 66.6 Å². The summed E-state index contributed by atoms with van der Waals surface area (Å²) >= 11 is 0. The fourth-order valence-electron chi connectivity index (χ4n) is 19.8. The molecule has 11 aromatic carbocycles. The van der Waals surface area contributed by atoms with Crippen LogP contribution in [0.5, 0.6) is 0 Å². The molecule has 19 rings (SSSR count). The predicted octanol–water partition coefficient (Wildman–Crippen LogP) is 22.4. The third-order valence-corrected chi connectivity index (χ3v) is 26.3. The van der Waals surface area contributed by atoms with E-state index in [0.717, 1.165) is 38.5 Å². The molecule has 96 heavy (non-hydrogen) atoms. The number of rotatable bonds is 8. The molecular formula is C93H87BN2. The van der Waals surface area contributed by atoms with E-state index in [1.807, 2.05) is 0 Å². The number of fused-ring (bicyclic) bond motifs is 15. The van der Waals surface area contributed by atoms with Crippen molar-refractivity contribution in [2.75, 3.05) is 0 Å². The molecule has 3 aliphatic carbocycles. The number of hydrogen-bond acceptors (Lipinski definition) is 0. The Morgan fingerprint density at radius 2 is 0.844 bits per heavy atom. The van der Waals surface area contributed by atoms with E-state index in [9.17, 15) is 0 Å². The van der Waals surface area contributed by atoms with E-state index in [0.29, 0.717) is 0 Å². The normalized spacial score (nSPS) is 17.4. The molecule has 6 aliphatic rings. The van der Waals surface area contributed by atoms with Gasteiger partial charge >= 0.3 is 0 Å². The van der Waals surface area contributed by atoms with Crippen molar-refractivity contribution in [3.63, 3.8) is 0 Å². The summed E-state index contributed by atoms with van der Waals surface area (Å²) in [6.07, 6.45) is 6.58. The van der Waals surface area contributed by atoms with Crippen LogP contribution in [0.3, 0.4) is 0 Å². The van der Waals surface area contributed by atoms with Gasteiger partial charge in [-0.1, -0.05) is 249 Å². The van der Waals surface area contributed by atoms with E-state index < -0.39 is 5.41 Å². The lowest BCUT2D eigenvalue weighted by Crippen LogP contribution is -2.61. The van der Waals surface area contributed by atoms with Gasteiger partial charge in [-0.2, -0.15) is 0 Å². The van der Waals surface area contributed by atoms with Gasteiger partial charge in [0.05, 0.1) is 22.1 Å². The fraction of sp³-hybridized carbons (Fsp3) is 0.290. The van der Waals surface area contributed by atoms with Gasteiger partial charge in [-0.05, 0) is 241 Å². The number of benzene rings is 11. The van der Waals surface area contributed by atoms with E-state index in [-0.39, 0.29) is 39.2 Å². The molecule has 0 saturated heterocycles. The van der Waals surface area contributed by atoms with Crippen LogP contribution in [0, 0.1) is 0 Å². The van der Waals surface area contributed by atoms with Crippen LogP contribution in [-0.2, 0) is 37.9 Å². The fourth-order valence-corrected chi connectivity index (χ4v) is 19.8. The van der Waals surface area contributed by atoms with Crippen molar-refractivity contribution in [1.82, 2.24) is 9.13 Å². The Balaban J connectivity index is 1.08. The van der Waals surface area contributed by atoms with Crippen LogP contribution < -0.4 is 16.4 Å². The lowest BCUT2D eigenvalue weighted by Gasteiger charge is -2.45. The summed E-state index contributed by atoms with van der Waals surface area (Å²) in [6.45, 7) is 34.7. The quantitative estimate of drug-likeness (QED) is 0.134. The van der Waals surface area contributed by atoms with E-state index in [1.165, 1.54) is 183 Å². The van der Waals surface area contributed by atoms with Gasteiger partial charge in [0.25, 0.3) is 6.71 Å². The zero-order valence-electron chi connectivity index (χ0n) is 58.8. The minimum Gasteiger partial charge on any atom is -0.310 e. The lowest BCUT2D eigenvalue weighted by atomic mass is 9.33. The molecule has 0 fully saturated rings. The minimum absolute atomic E-state index is 0.00778. The maximum absolute atomic E-state index is 2.89. The van der Waals surface area contributed by atoms with Gasteiger partial charge in [-0.3, -0.25) is 0 Å². The summed E-state index contributed by atoms with van der Waals surface area (Å²) < 4.78 is 5.75. The summed E-state index contributed by atoms with van der Waals surface area (Å²) in [5, 5.41) is 6.69. The molecule has 0 atom stereocenters. The number of hydrogen-bond donors (Lipinski definition) is 0. The second-order valence-electron chi connectivity index (χ2n) is 34.0. The van der Waals surface area contributed by atoms with Crippen molar-refractivity contribution in [3.05, 3.63) is 256 Å². The smallest absolute Gasteiger partial charge is 0.253 e. The van der Waals surface area contributed by atoms with Gasteiger partial charge in [0.15, 0.2) is 0 Å². The molecule has 0 amide bonds. The Kier molecular flexibility index (Phi) is 11.7. The molecule has 0 bridgehead atoms. The molecule has 472 valence electrons. The van der Waals surface area contributed by atoms with Crippen LogP contribution in [0.2, 0.25) is 0 Å². The summed E-state index contributed by atoms with van der Waals surface area (Å²) in [7, 11) is 0. The summed E-state index contributed by atoms with van der Waals surface area (Å²) in [4.78, 5) is 0. The van der Waals surface area contributed by atoms with Crippen molar-refractivity contribution in [2.24, 2.45) is 0 Å². The van der Waals surface area contributed by atoms with Crippen molar-refractivity contribution in [1.29, 1.82) is 0 Å². The molecule has 0 saturated carbocycles. The highest BCUT2D eigenvalue weighted by Gasteiger charge is 2.56. The van der Waals surface area contributed by atoms with Crippen molar-refractivity contribution in [3.8, 4) is 67.1 Å². The highest BCUT2D eigenvalue weighted by Crippen LogP contribution is 2.64. The van der Waals surface area contributed by atoms with Crippen molar-refractivity contribution < 1.29 is 0 Å². The van der Waals surface area contributed by atoms with Crippen LogP contribution >= 0.6 is 0 Å². The average Bonchev–Trinajstić information content (AvgIpc) is 1.43. The standard InChI is InChI=1S/C93H87BN2/c1-15-87(3,4)57-46-65-66-47-58(88(5,6)16-2)49-77-83(66)96-82(65)76(48-57)93(69-37-27-25-35-60(69)61-36-26-28-38-70(61)93)71-39-40-78-81(86(71)96)94(77)80-59-34-24-23-33-56(59)45-68-79(64-52-74-72(89(7,8)41-43-91(74,11)12)50-62(64)54-29-19-17-20-30-54)84(95(78)85(68)80)67-53-75-73(90(9,10)42-44-92(75,13)14)51-63(67)55-31-21-18-22-32-55/h17-40,45-53H,15-16,41-44H2,1-14H3. The van der Waals surface area contributed by atoms with Crippen molar-refractivity contribution in [2.45, 2.75) is 173 Å². The van der Waals surface area contributed by atoms with E-state index in [1.54, 1.807) is 0 Å². The van der Waals surface area contributed by atoms with Crippen LogP contribution in [0.25, 0.3) is 111 Å². The topological polar surface area (TPSA) is 9.86 Å². The van der Waals surface area contributed by atoms with Gasteiger partial charge in [0.2, 0.25) is 0 Å². The lowest BCUT2D eigenvalue weighted by molar-refractivity contribution is 0.332. The van der Waals surface area contributed by atoms with E-state index >= 15 is 0 Å². The van der Waals surface area contributed by atoms with Gasteiger partial charge in [-0.15, -0.1) is 0 Å². The van der Waals surface area contributed by atoms with Crippen LogP contribution in [0.1, 0.15) is 191 Å². The Morgan fingerprint density at radius 3 is 1.41 bits per heavy atom. The predicted molar refractivity (Wildman–Crippen MR) is 410 cm³/mol. The zero-order chi connectivity index (χ0) is 65.9. The molecule has 0 unspecified atom stereocenters. The first-order valence-electron chi connectivity index (χ1n) is 36.2. The molecular weight excluding hydrogens is 1160 g/mol. The Bertz CT molecular complexity index is 5570. The van der Waals surface area contributed by atoms with Crippen LogP contribution in [-0.4, -0.2) is 15.8 Å². The summed E-state index contributed by atoms with van der Waals surface area (Å²) in [5.41, 5.74) is 37.3.